The lowest BCUT2D eigenvalue weighted by Gasteiger charge is -2.11. The van der Waals surface area contributed by atoms with E-state index < -0.39 is 0 Å². The number of ether oxygens (including phenoxy) is 1. The zero-order valence-corrected chi connectivity index (χ0v) is 9.03. The number of nitrogens with zero attached hydrogens (tertiary/aromatic N) is 1. The van der Waals surface area contributed by atoms with E-state index in [4.69, 9.17) is 10.5 Å². The summed E-state index contributed by atoms with van der Waals surface area (Å²) < 4.78 is 4.98. The zero-order chi connectivity index (χ0) is 11.3. The summed E-state index contributed by atoms with van der Waals surface area (Å²) in [6.07, 6.45) is 0.342. The van der Waals surface area contributed by atoms with Crippen LogP contribution in [0.2, 0.25) is 0 Å². The minimum absolute atomic E-state index is 0.365. The van der Waals surface area contributed by atoms with Gasteiger partial charge in [-0.1, -0.05) is 6.92 Å². The van der Waals surface area contributed by atoms with E-state index in [2.05, 4.69) is 10.3 Å². The maximum absolute atomic E-state index is 9.35. The molecule has 1 rings (SSSR count). The van der Waals surface area contributed by atoms with E-state index in [9.17, 15) is 5.11 Å². The van der Waals surface area contributed by atoms with Crippen molar-refractivity contribution < 1.29 is 9.84 Å². The quantitative estimate of drug-likeness (QED) is 0.673. The SMILES string of the molecule is CCC(O)CNc1ccc(N)c(OC)n1. The second-order valence-corrected chi connectivity index (χ2v) is 3.24. The van der Waals surface area contributed by atoms with Crippen LogP contribution in [0.25, 0.3) is 0 Å². The van der Waals surface area contributed by atoms with Gasteiger partial charge in [0.05, 0.1) is 18.9 Å². The average molecular weight is 211 g/mol. The Hall–Kier alpha value is -1.49. The van der Waals surface area contributed by atoms with E-state index in [1.165, 1.54) is 7.11 Å². The van der Waals surface area contributed by atoms with Crippen LogP contribution in [-0.4, -0.2) is 29.8 Å². The fraction of sp³-hybridized carbons (Fsp3) is 0.500. The summed E-state index contributed by atoms with van der Waals surface area (Å²) in [7, 11) is 1.52. The molecule has 0 fully saturated rings. The third kappa shape index (κ3) is 3.28. The number of aliphatic hydroxyl groups excluding tert-OH is 1. The Morgan fingerprint density at radius 1 is 1.60 bits per heavy atom. The Kier molecular flexibility index (Phi) is 4.17. The van der Waals surface area contributed by atoms with Crippen LogP contribution in [0, 0.1) is 0 Å². The maximum atomic E-state index is 9.35. The maximum Gasteiger partial charge on any atom is 0.238 e. The van der Waals surface area contributed by atoms with Crippen molar-refractivity contribution in [3.05, 3.63) is 12.1 Å². The van der Waals surface area contributed by atoms with Gasteiger partial charge in [-0.25, -0.2) is 0 Å². The summed E-state index contributed by atoms with van der Waals surface area (Å²) in [5, 5.41) is 12.4. The van der Waals surface area contributed by atoms with Gasteiger partial charge in [0.25, 0.3) is 0 Å². The number of anilines is 2. The minimum atomic E-state index is -0.365. The molecule has 0 radical (unpaired) electrons. The summed E-state index contributed by atoms with van der Waals surface area (Å²) in [6, 6.07) is 3.47. The first-order valence-corrected chi connectivity index (χ1v) is 4.89. The molecule has 0 amide bonds. The minimum Gasteiger partial charge on any atom is -0.479 e. The average Bonchev–Trinajstić information content (AvgIpc) is 2.27. The number of aliphatic hydroxyl groups is 1. The number of pyridine rings is 1. The normalized spacial score (nSPS) is 12.2. The molecule has 0 saturated heterocycles. The first kappa shape index (κ1) is 11.6. The zero-order valence-electron chi connectivity index (χ0n) is 9.03. The highest BCUT2D eigenvalue weighted by atomic mass is 16.5. The number of hydrogen-bond donors (Lipinski definition) is 3. The van der Waals surface area contributed by atoms with E-state index in [0.29, 0.717) is 30.4 Å². The molecule has 0 aliphatic rings. The Morgan fingerprint density at radius 3 is 2.93 bits per heavy atom. The van der Waals surface area contributed by atoms with Crippen molar-refractivity contribution in [2.75, 3.05) is 24.7 Å². The molecule has 0 saturated carbocycles. The van der Waals surface area contributed by atoms with Crippen molar-refractivity contribution in [3.8, 4) is 5.88 Å². The largest absolute Gasteiger partial charge is 0.479 e. The Balaban J connectivity index is 2.62. The molecule has 1 unspecified atom stereocenters. The highest BCUT2D eigenvalue weighted by Crippen LogP contribution is 2.19. The summed E-state index contributed by atoms with van der Waals surface area (Å²) in [4.78, 5) is 4.13. The highest BCUT2D eigenvalue weighted by Gasteiger charge is 2.04. The molecule has 0 aliphatic heterocycles. The van der Waals surface area contributed by atoms with Crippen molar-refractivity contribution in [1.82, 2.24) is 4.98 Å². The number of aromatic nitrogens is 1. The Labute approximate surface area is 89.3 Å². The second kappa shape index (κ2) is 5.41. The number of nitrogens with two attached hydrogens (primary N) is 1. The lowest BCUT2D eigenvalue weighted by molar-refractivity contribution is 0.183. The van der Waals surface area contributed by atoms with Gasteiger partial charge in [-0.15, -0.1) is 0 Å². The van der Waals surface area contributed by atoms with Gasteiger partial charge < -0.3 is 20.9 Å². The summed E-state index contributed by atoms with van der Waals surface area (Å²) in [5.74, 6) is 1.04. The van der Waals surface area contributed by atoms with Crippen LogP contribution in [0.1, 0.15) is 13.3 Å². The molecule has 5 heteroatoms. The summed E-state index contributed by atoms with van der Waals surface area (Å²) in [5.41, 5.74) is 6.12. The van der Waals surface area contributed by atoms with Crippen LogP contribution in [-0.2, 0) is 0 Å². The van der Waals surface area contributed by atoms with E-state index >= 15 is 0 Å². The van der Waals surface area contributed by atoms with Gasteiger partial charge in [0, 0.05) is 6.54 Å². The standard InChI is InChI=1S/C10H17N3O2/c1-3-7(14)6-12-9-5-4-8(11)10(13-9)15-2/h4-5,7,14H,3,6,11H2,1-2H3,(H,12,13). The van der Waals surface area contributed by atoms with E-state index in [0.717, 1.165) is 0 Å². The molecule has 0 aliphatic carbocycles. The van der Waals surface area contributed by atoms with E-state index in [1.54, 1.807) is 12.1 Å². The van der Waals surface area contributed by atoms with Crippen LogP contribution in [0.3, 0.4) is 0 Å². The molecule has 1 atom stereocenters. The predicted octanol–water partition coefficient (Wildman–Crippen LogP) is 0.855. The van der Waals surface area contributed by atoms with Crippen molar-refractivity contribution in [2.24, 2.45) is 0 Å². The number of rotatable bonds is 5. The van der Waals surface area contributed by atoms with Gasteiger partial charge in [0.1, 0.15) is 5.82 Å². The van der Waals surface area contributed by atoms with Gasteiger partial charge in [0.2, 0.25) is 5.88 Å². The van der Waals surface area contributed by atoms with Gasteiger partial charge in [-0.2, -0.15) is 4.98 Å². The Bertz CT molecular complexity index is 318. The number of nitrogens with one attached hydrogen (secondary N) is 1. The molecule has 1 aromatic rings. The molecular formula is C10H17N3O2. The van der Waals surface area contributed by atoms with Crippen molar-refractivity contribution in [1.29, 1.82) is 0 Å². The third-order valence-electron chi connectivity index (χ3n) is 2.07. The molecule has 5 nitrogen and oxygen atoms in total. The third-order valence-corrected chi connectivity index (χ3v) is 2.07. The molecule has 1 aromatic heterocycles. The van der Waals surface area contributed by atoms with E-state index in [-0.39, 0.29) is 6.10 Å². The topological polar surface area (TPSA) is 80.4 Å². The summed E-state index contributed by atoms with van der Waals surface area (Å²) in [6.45, 7) is 2.39. The first-order chi connectivity index (χ1) is 7.17. The van der Waals surface area contributed by atoms with Crippen molar-refractivity contribution >= 4 is 11.5 Å². The van der Waals surface area contributed by atoms with Gasteiger partial charge >= 0.3 is 0 Å². The summed E-state index contributed by atoms with van der Waals surface area (Å²) >= 11 is 0. The molecule has 1 heterocycles. The van der Waals surface area contributed by atoms with Crippen LogP contribution in [0.4, 0.5) is 11.5 Å². The first-order valence-electron chi connectivity index (χ1n) is 4.89. The van der Waals surface area contributed by atoms with Crippen LogP contribution < -0.4 is 15.8 Å². The van der Waals surface area contributed by atoms with Crippen LogP contribution in [0.15, 0.2) is 12.1 Å². The molecule has 0 aromatic carbocycles. The predicted molar refractivity (Wildman–Crippen MR) is 60.0 cm³/mol. The smallest absolute Gasteiger partial charge is 0.238 e. The van der Waals surface area contributed by atoms with Crippen molar-refractivity contribution in [3.63, 3.8) is 0 Å². The van der Waals surface area contributed by atoms with Crippen LogP contribution in [0.5, 0.6) is 5.88 Å². The Morgan fingerprint density at radius 2 is 2.33 bits per heavy atom. The number of methoxy groups -OCH3 is 1. The van der Waals surface area contributed by atoms with Crippen molar-refractivity contribution in [2.45, 2.75) is 19.4 Å². The van der Waals surface area contributed by atoms with Gasteiger partial charge in [0.15, 0.2) is 0 Å². The number of hydrogen-bond acceptors (Lipinski definition) is 5. The fourth-order valence-electron chi connectivity index (χ4n) is 1.08. The molecule has 15 heavy (non-hydrogen) atoms. The number of nitrogen functional groups attached to an aromatic ring is 1. The molecule has 84 valence electrons. The molecular weight excluding hydrogens is 194 g/mol. The van der Waals surface area contributed by atoms with Gasteiger partial charge in [-0.05, 0) is 18.6 Å². The molecule has 4 N–H and O–H groups in total. The molecule has 0 spiro atoms. The lowest BCUT2D eigenvalue weighted by atomic mass is 10.3. The second-order valence-electron chi connectivity index (χ2n) is 3.24. The lowest BCUT2D eigenvalue weighted by Crippen LogP contribution is -2.18. The fourth-order valence-corrected chi connectivity index (χ4v) is 1.08. The van der Waals surface area contributed by atoms with E-state index in [1.807, 2.05) is 6.92 Å². The molecule has 0 bridgehead atoms. The van der Waals surface area contributed by atoms with Gasteiger partial charge in [-0.3, -0.25) is 0 Å². The monoisotopic (exact) mass is 211 g/mol. The highest BCUT2D eigenvalue weighted by molar-refractivity contribution is 5.53. The van der Waals surface area contributed by atoms with Crippen LogP contribution >= 0.6 is 0 Å².